The van der Waals surface area contributed by atoms with Gasteiger partial charge >= 0.3 is 0 Å². The monoisotopic (exact) mass is 331 g/mol. The van der Waals surface area contributed by atoms with E-state index in [0.717, 1.165) is 23.7 Å². The predicted octanol–water partition coefficient (Wildman–Crippen LogP) is 3.09. The van der Waals surface area contributed by atoms with Crippen LogP contribution in [0.5, 0.6) is 0 Å². The van der Waals surface area contributed by atoms with Crippen LogP contribution in [-0.2, 0) is 0 Å². The van der Waals surface area contributed by atoms with Gasteiger partial charge in [-0.25, -0.2) is 0 Å². The Kier molecular flexibility index (Phi) is 4.65. The van der Waals surface area contributed by atoms with E-state index in [4.69, 9.17) is 11.6 Å². The van der Waals surface area contributed by atoms with E-state index in [1.807, 2.05) is 0 Å². The maximum atomic E-state index is 12.4. The zero-order valence-corrected chi connectivity index (χ0v) is 12.2. The summed E-state index contributed by atoms with van der Waals surface area (Å²) in [7, 11) is 0. The molecule has 1 aliphatic rings. The van der Waals surface area contributed by atoms with Crippen LogP contribution in [0.4, 0.5) is 0 Å². The molecule has 98 valence electrons. The van der Waals surface area contributed by atoms with Gasteiger partial charge < -0.3 is 10.0 Å². The minimum Gasteiger partial charge on any atom is -0.394 e. The maximum absolute atomic E-state index is 12.4. The number of amides is 1. The first kappa shape index (κ1) is 13.8. The Balaban J connectivity index is 2.24. The normalized spacial score (nSPS) is 19.9. The first-order chi connectivity index (χ1) is 8.63. The molecule has 1 aromatic carbocycles. The molecule has 0 spiro atoms. The minimum absolute atomic E-state index is 0.0138. The number of benzene rings is 1. The zero-order valence-electron chi connectivity index (χ0n) is 9.90. The number of carbonyl (C=O) groups excluding carboxylic acids is 1. The average Bonchev–Trinajstić information content (AvgIpc) is 2.38. The molecule has 1 unspecified atom stereocenters. The molecule has 1 atom stereocenters. The van der Waals surface area contributed by atoms with E-state index in [-0.39, 0.29) is 18.6 Å². The summed E-state index contributed by atoms with van der Waals surface area (Å²) in [5.41, 5.74) is 0.500. The van der Waals surface area contributed by atoms with Gasteiger partial charge in [0.05, 0.1) is 23.2 Å². The van der Waals surface area contributed by atoms with Crippen LogP contribution in [0.2, 0.25) is 5.02 Å². The average molecular weight is 333 g/mol. The van der Waals surface area contributed by atoms with Gasteiger partial charge in [-0.15, -0.1) is 0 Å². The van der Waals surface area contributed by atoms with Crippen LogP contribution in [-0.4, -0.2) is 35.1 Å². The molecular weight excluding hydrogens is 318 g/mol. The second kappa shape index (κ2) is 6.04. The summed E-state index contributed by atoms with van der Waals surface area (Å²) in [4.78, 5) is 14.2. The third kappa shape index (κ3) is 2.87. The number of halogens is 2. The molecular formula is C13H15BrClNO2. The third-order valence-electron chi connectivity index (χ3n) is 3.26. The fourth-order valence-electron chi connectivity index (χ4n) is 2.28. The van der Waals surface area contributed by atoms with Crippen molar-refractivity contribution >= 4 is 33.4 Å². The lowest BCUT2D eigenvalue weighted by Gasteiger charge is -2.34. The highest BCUT2D eigenvalue weighted by Gasteiger charge is 2.27. The van der Waals surface area contributed by atoms with E-state index in [2.05, 4.69) is 15.9 Å². The van der Waals surface area contributed by atoms with Gasteiger partial charge in [0.1, 0.15) is 0 Å². The summed E-state index contributed by atoms with van der Waals surface area (Å²) in [6.07, 6.45) is 2.90. The van der Waals surface area contributed by atoms with Crippen molar-refractivity contribution in [3.8, 4) is 0 Å². The highest BCUT2D eigenvalue weighted by molar-refractivity contribution is 9.10. The summed E-state index contributed by atoms with van der Waals surface area (Å²) in [6.45, 7) is 0.705. The van der Waals surface area contributed by atoms with Gasteiger partial charge in [0.2, 0.25) is 0 Å². The fourth-order valence-corrected chi connectivity index (χ4v) is 3.03. The molecule has 5 heteroatoms. The lowest BCUT2D eigenvalue weighted by Crippen LogP contribution is -2.45. The van der Waals surface area contributed by atoms with Crippen molar-refractivity contribution in [2.45, 2.75) is 25.3 Å². The highest BCUT2D eigenvalue weighted by atomic mass is 79.9. The van der Waals surface area contributed by atoms with Gasteiger partial charge in [0.15, 0.2) is 0 Å². The van der Waals surface area contributed by atoms with E-state index in [1.54, 1.807) is 23.1 Å². The van der Waals surface area contributed by atoms with Crippen LogP contribution in [0.15, 0.2) is 22.7 Å². The number of aliphatic hydroxyl groups excluding tert-OH is 1. The van der Waals surface area contributed by atoms with E-state index < -0.39 is 0 Å². The minimum atomic E-state index is -0.0914. The van der Waals surface area contributed by atoms with Crippen LogP contribution in [0.3, 0.4) is 0 Å². The van der Waals surface area contributed by atoms with Crippen molar-refractivity contribution in [2.24, 2.45) is 0 Å². The van der Waals surface area contributed by atoms with Crippen molar-refractivity contribution in [1.29, 1.82) is 0 Å². The summed E-state index contributed by atoms with van der Waals surface area (Å²) < 4.78 is 0.849. The predicted molar refractivity (Wildman–Crippen MR) is 74.9 cm³/mol. The maximum Gasteiger partial charge on any atom is 0.255 e. The lowest BCUT2D eigenvalue weighted by molar-refractivity contribution is 0.0503. The topological polar surface area (TPSA) is 40.5 Å². The van der Waals surface area contributed by atoms with Gasteiger partial charge in [-0.1, -0.05) is 27.5 Å². The fraction of sp³-hybridized carbons (Fsp3) is 0.462. The SMILES string of the molecule is O=C(c1ccc(Br)cc1Cl)N1CCCCC1CO. The molecule has 1 amide bonds. The Bertz CT molecular complexity index is 453. The second-order valence-electron chi connectivity index (χ2n) is 4.45. The van der Waals surface area contributed by atoms with Crippen molar-refractivity contribution in [2.75, 3.05) is 13.2 Å². The number of carbonyl (C=O) groups is 1. The number of hydrogen-bond acceptors (Lipinski definition) is 2. The molecule has 18 heavy (non-hydrogen) atoms. The van der Waals surface area contributed by atoms with Crippen LogP contribution in [0.25, 0.3) is 0 Å². The van der Waals surface area contributed by atoms with Gasteiger partial charge in [-0.05, 0) is 37.5 Å². The summed E-state index contributed by atoms with van der Waals surface area (Å²) >= 11 is 9.41. The molecule has 0 radical (unpaired) electrons. The molecule has 0 saturated carbocycles. The van der Waals surface area contributed by atoms with Crippen molar-refractivity contribution in [1.82, 2.24) is 4.90 Å². The van der Waals surface area contributed by atoms with Crippen molar-refractivity contribution < 1.29 is 9.90 Å². The van der Waals surface area contributed by atoms with E-state index in [1.165, 1.54) is 0 Å². The van der Waals surface area contributed by atoms with Crippen molar-refractivity contribution in [3.05, 3.63) is 33.3 Å². The summed E-state index contributed by atoms with van der Waals surface area (Å²) in [6, 6.07) is 5.16. The summed E-state index contributed by atoms with van der Waals surface area (Å²) in [5, 5.41) is 9.78. The number of nitrogens with zero attached hydrogens (tertiary/aromatic N) is 1. The van der Waals surface area contributed by atoms with Gasteiger partial charge in [0, 0.05) is 11.0 Å². The quantitative estimate of drug-likeness (QED) is 0.904. The zero-order chi connectivity index (χ0) is 13.1. The van der Waals surface area contributed by atoms with Crippen LogP contribution in [0, 0.1) is 0 Å². The number of piperidine rings is 1. The molecule has 0 aromatic heterocycles. The van der Waals surface area contributed by atoms with Crippen LogP contribution < -0.4 is 0 Å². The molecule has 0 bridgehead atoms. The molecule has 1 aromatic rings. The smallest absolute Gasteiger partial charge is 0.255 e. The molecule has 1 fully saturated rings. The lowest BCUT2D eigenvalue weighted by atomic mass is 10.0. The summed E-state index contributed by atoms with van der Waals surface area (Å²) in [5.74, 6) is -0.0914. The first-order valence-corrected chi connectivity index (χ1v) is 7.17. The molecule has 1 N–H and O–H groups in total. The van der Waals surface area contributed by atoms with Crippen LogP contribution >= 0.6 is 27.5 Å². The number of rotatable bonds is 2. The standard InChI is InChI=1S/C13H15BrClNO2/c14-9-4-5-11(12(15)7-9)13(18)16-6-2-1-3-10(16)8-17/h4-5,7,10,17H,1-3,6,8H2. The molecule has 3 nitrogen and oxygen atoms in total. The Hall–Kier alpha value is -0.580. The van der Waals surface area contributed by atoms with Crippen molar-refractivity contribution in [3.63, 3.8) is 0 Å². The highest BCUT2D eigenvalue weighted by Crippen LogP contribution is 2.25. The third-order valence-corrected chi connectivity index (χ3v) is 4.07. The Morgan fingerprint density at radius 2 is 2.28 bits per heavy atom. The Morgan fingerprint density at radius 3 is 2.94 bits per heavy atom. The van der Waals surface area contributed by atoms with E-state index in [9.17, 15) is 9.90 Å². The van der Waals surface area contributed by atoms with Gasteiger partial charge in [0.25, 0.3) is 5.91 Å². The molecule has 1 heterocycles. The number of likely N-dealkylation sites (tertiary alicyclic amines) is 1. The number of aliphatic hydroxyl groups is 1. The Labute approximate surface area is 120 Å². The van der Waals surface area contributed by atoms with Gasteiger partial charge in [-0.2, -0.15) is 0 Å². The molecule has 1 saturated heterocycles. The second-order valence-corrected chi connectivity index (χ2v) is 5.78. The van der Waals surface area contributed by atoms with E-state index >= 15 is 0 Å². The molecule has 1 aliphatic heterocycles. The number of hydrogen-bond donors (Lipinski definition) is 1. The first-order valence-electron chi connectivity index (χ1n) is 6.00. The van der Waals surface area contributed by atoms with E-state index in [0.29, 0.717) is 17.1 Å². The van der Waals surface area contributed by atoms with Gasteiger partial charge in [-0.3, -0.25) is 4.79 Å². The largest absolute Gasteiger partial charge is 0.394 e. The molecule has 0 aliphatic carbocycles. The Morgan fingerprint density at radius 1 is 1.50 bits per heavy atom. The molecule has 2 rings (SSSR count). The van der Waals surface area contributed by atoms with Crippen LogP contribution in [0.1, 0.15) is 29.6 Å².